The largest absolute Gasteiger partial charge is 0.492 e. The van der Waals surface area contributed by atoms with E-state index in [0.717, 1.165) is 13.1 Å². The van der Waals surface area contributed by atoms with Crippen LogP contribution in [0.3, 0.4) is 0 Å². The summed E-state index contributed by atoms with van der Waals surface area (Å²) >= 11 is 0. The average Bonchev–Trinajstić information content (AvgIpc) is 2.56. The third-order valence-electron chi connectivity index (χ3n) is 3.85. The van der Waals surface area contributed by atoms with E-state index in [1.165, 1.54) is 19.3 Å². The lowest BCUT2D eigenvalue weighted by Crippen LogP contribution is -2.43. The van der Waals surface area contributed by atoms with Crippen LogP contribution < -0.4 is 15.4 Å². The molecular weight excluding hydrogens is 294 g/mol. The van der Waals surface area contributed by atoms with E-state index in [2.05, 4.69) is 15.5 Å². The summed E-state index contributed by atoms with van der Waals surface area (Å²) in [7, 11) is 0. The van der Waals surface area contributed by atoms with Gasteiger partial charge in [0.1, 0.15) is 5.75 Å². The molecule has 1 aromatic rings. The Bertz CT molecular complexity index is 490. The first kappa shape index (κ1) is 17.6. The minimum Gasteiger partial charge on any atom is -0.492 e. The van der Waals surface area contributed by atoms with Gasteiger partial charge in [-0.1, -0.05) is 18.6 Å². The van der Waals surface area contributed by atoms with Crippen LogP contribution in [0.2, 0.25) is 0 Å². The Kier molecular flexibility index (Phi) is 7.16. The highest BCUT2D eigenvalue weighted by Gasteiger charge is 2.15. The number of piperidine rings is 1. The number of ether oxygens (including phenoxy) is 1. The molecule has 1 aliphatic rings. The third-order valence-corrected chi connectivity index (χ3v) is 3.85. The van der Waals surface area contributed by atoms with Crippen molar-refractivity contribution >= 4 is 11.7 Å². The van der Waals surface area contributed by atoms with Gasteiger partial charge >= 0.3 is 6.03 Å². The Morgan fingerprint density at radius 3 is 2.78 bits per heavy atom. The normalized spacial score (nSPS) is 16.6. The number of aliphatic hydroxyl groups is 1. The number of amides is 2. The van der Waals surface area contributed by atoms with Crippen LogP contribution in [0.5, 0.6) is 5.75 Å². The van der Waals surface area contributed by atoms with Crippen LogP contribution in [-0.2, 0) is 0 Å². The number of likely N-dealkylation sites (tertiary alicyclic amines) is 1. The smallest absolute Gasteiger partial charge is 0.319 e. The van der Waals surface area contributed by atoms with Crippen molar-refractivity contribution in [3.8, 4) is 5.75 Å². The van der Waals surface area contributed by atoms with Gasteiger partial charge in [0.2, 0.25) is 0 Å². The molecule has 0 aliphatic carbocycles. The molecule has 6 nitrogen and oxygen atoms in total. The van der Waals surface area contributed by atoms with E-state index < -0.39 is 6.10 Å². The lowest BCUT2D eigenvalue weighted by Gasteiger charge is -2.28. The molecule has 1 fully saturated rings. The predicted octanol–water partition coefficient (Wildman–Crippen LogP) is 2.05. The van der Waals surface area contributed by atoms with Crippen molar-refractivity contribution in [3.63, 3.8) is 0 Å². The summed E-state index contributed by atoms with van der Waals surface area (Å²) < 4.78 is 5.47. The van der Waals surface area contributed by atoms with Crippen LogP contribution in [0.1, 0.15) is 26.2 Å². The molecule has 23 heavy (non-hydrogen) atoms. The molecule has 2 rings (SSSR count). The van der Waals surface area contributed by atoms with Crippen LogP contribution in [0.25, 0.3) is 0 Å². The van der Waals surface area contributed by atoms with Gasteiger partial charge in [0, 0.05) is 13.1 Å². The fourth-order valence-electron chi connectivity index (χ4n) is 2.73. The maximum atomic E-state index is 12.0. The second-order valence-corrected chi connectivity index (χ2v) is 5.78. The molecule has 1 aliphatic heterocycles. The summed E-state index contributed by atoms with van der Waals surface area (Å²) in [5.74, 6) is 0.638. The molecule has 128 valence electrons. The van der Waals surface area contributed by atoms with Crippen molar-refractivity contribution in [3.05, 3.63) is 24.3 Å². The number of para-hydroxylation sites is 2. The highest BCUT2D eigenvalue weighted by Crippen LogP contribution is 2.23. The van der Waals surface area contributed by atoms with Gasteiger partial charge < -0.3 is 25.4 Å². The first-order valence-electron chi connectivity index (χ1n) is 8.36. The van der Waals surface area contributed by atoms with Crippen LogP contribution in [0, 0.1) is 0 Å². The van der Waals surface area contributed by atoms with Gasteiger partial charge in [-0.3, -0.25) is 0 Å². The van der Waals surface area contributed by atoms with E-state index >= 15 is 0 Å². The Morgan fingerprint density at radius 1 is 1.30 bits per heavy atom. The summed E-state index contributed by atoms with van der Waals surface area (Å²) in [6.45, 7) is 5.34. The van der Waals surface area contributed by atoms with Crippen LogP contribution >= 0.6 is 0 Å². The number of aliphatic hydroxyl groups excluding tert-OH is 1. The summed E-state index contributed by atoms with van der Waals surface area (Å²) in [5, 5.41) is 15.5. The number of urea groups is 1. The Hall–Kier alpha value is -1.79. The Morgan fingerprint density at radius 2 is 2.04 bits per heavy atom. The van der Waals surface area contributed by atoms with Crippen molar-refractivity contribution < 1.29 is 14.6 Å². The highest BCUT2D eigenvalue weighted by atomic mass is 16.5. The SMILES string of the molecule is CCOc1ccccc1NC(=O)NCC(O)CN1CCCCC1. The number of benzene rings is 1. The molecule has 3 N–H and O–H groups in total. The lowest BCUT2D eigenvalue weighted by atomic mass is 10.1. The first-order valence-corrected chi connectivity index (χ1v) is 8.36. The van der Waals surface area contributed by atoms with E-state index in [1.54, 1.807) is 6.07 Å². The molecule has 1 atom stereocenters. The maximum Gasteiger partial charge on any atom is 0.319 e. The minimum atomic E-state index is -0.555. The number of carbonyl (C=O) groups is 1. The Balaban J connectivity index is 1.74. The van der Waals surface area contributed by atoms with Gasteiger partial charge in [0.25, 0.3) is 0 Å². The molecule has 1 heterocycles. The number of anilines is 1. The number of hydrogen-bond acceptors (Lipinski definition) is 4. The number of β-amino-alcohol motifs (C(OH)–C–C–N with tert-alkyl or cyclic N) is 1. The second-order valence-electron chi connectivity index (χ2n) is 5.78. The van der Waals surface area contributed by atoms with Crippen molar-refractivity contribution in [1.82, 2.24) is 10.2 Å². The molecule has 0 spiro atoms. The molecule has 1 saturated heterocycles. The molecule has 0 bridgehead atoms. The van der Waals surface area contributed by atoms with Gasteiger partial charge in [0.15, 0.2) is 0 Å². The quantitative estimate of drug-likeness (QED) is 0.719. The average molecular weight is 321 g/mol. The first-order chi connectivity index (χ1) is 11.2. The summed E-state index contributed by atoms with van der Waals surface area (Å²) in [6.07, 6.45) is 3.09. The van der Waals surface area contributed by atoms with E-state index in [1.807, 2.05) is 25.1 Å². The fraction of sp³-hybridized carbons (Fsp3) is 0.588. The van der Waals surface area contributed by atoms with Crippen LogP contribution in [0.4, 0.5) is 10.5 Å². The molecule has 0 saturated carbocycles. The fourth-order valence-corrected chi connectivity index (χ4v) is 2.73. The van der Waals surface area contributed by atoms with Crippen molar-refractivity contribution in [2.75, 3.05) is 38.1 Å². The van der Waals surface area contributed by atoms with Crippen LogP contribution in [-0.4, -0.2) is 54.9 Å². The Labute approximate surface area is 137 Å². The number of rotatable bonds is 7. The topological polar surface area (TPSA) is 73.8 Å². The summed E-state index contributed by atoms with van der Waals surface area (Å²) in [4.78, 5) is 14.2. The van der Waals surface area contributed by atoms with E-state index in [4.69, 9.17) is 4.74 Å². The highest BCUT2D eigenvalue weighted by molar-refractivity contribution is 5.90. The summed E-state index contributed by atoms with van der Waals surface area (Å²) in [6, 6.07) is 6.95. The minimum absolute atomic E-state index is 0.235. The lowest BCUT2D eigenvalue weighted by molar-refractivity contribution is 0.102. The molecule has 2 amide bonds. The van der Waals surface area contributed by atoms with Crippen LogP contribution in [0.15, 0.2) is 24.3 Å². The molecule has 0 aromatic heterocycles. The second kappa shape index (κ2) is 9.37. The predicted molar refractivity (Wildman–Crippen MR) is 90.9 cm³/mol. The molecule has 1 aromatic carbocycles. The van der Waals surface area contributed by atoms with E-state index in [9.17, 15) is 9.90 Å². The van der Waals surface area contributed by atoms with Gasteiger partial charge in [-0.05, 0) is 45.0 Å². The maximum absolute atomic E-state index is 12.0. The molecular formula is C17H27N3O3. The number of nitrogens with zero attached hydrogens (tertiary/aromatic N) is 1. The zero-order valence-corrected chi connectivity index (χ0v) is 13.8. The number of hydrogen-bond donors (Lipinski definition) is 3. The number of carbonyl (C=O) groups excluding carboxylic acids is 1. The monoisotopic (exact) mass is 321 g/mol. The van der Waals surface area contributed by atoms with Gasteiger partial charge in [-0.2, -0.15) is 0 Å². The molecule has 1 unspecified atom stereocenters. The standard InChI is InChI=1S/C17H27N3O3/c1-2-23-16-9-5-4-8-15(16)19-17(22)18-12-14(21)13-20-10-6-3-7-11-20/h4-5,8-9,14,21H,2-3,6-7,10-13H2,1H3,(H2,18,19,22). The molecule has 6 heteroatoms. The third kappa shape index (κ3) is 6.08. The molecule has 0 radical (unpaired) electrons. The zero-order chi connectivity index (χ0) is 16.5. The van der Waals surface area contributed by atoms with Crippen molar-refractivity contribution in [1.29, 1.82) is 0 Å². The van der Waals surface area contributed by atoms with Crippen molar-refractivity contribution in [2.45, 2.75) is 32.3 Å². The van der Waals surface area contributed by atoms with Gasteiger partial charge in [-0.15, -0.1) is 0 Å². The van der Waals surface area contributed by atoms with E-state index in [0.29, 0.717) is 24.6 Å². The van der Waals surface area contributed by atoms with Gasteiger partial charge in [0.05, 0.1) is 18.4 Å². The zero-order valence-electron chi connectivity index (χ0n) is 13.8. The van der Waals surface area contributed by atoms with E-state index in [-0.39, 0.29) is 12.6 Å². The van der Waals surface area contributed by atoms with Gasteiger partial charge in [-0.25, -0.2) is 4.79 Å². The summed E-state index contributed by atoms with van der Waals surface area (Å²) in [5.41, 5.74) is 0.623. The number of nitrogens with one attached hydrogen (secondary N) is 2. The van der Waals surface area contributed by atoms with Crippen molar-refractivity contribution in [2.24, 2.45) is 0 Å².